The fourth-order valence-electron chi connectivity index (χ4n) is 2.17. The predicted molar refractivity (Wildman–Crippen MR) is 79.2 cm³/mol. The lowest BCUT2D eigenvalue weighted by molar-refractivity contribution is 0.0264. The molecule has 1 aromatic rings. The van der Waals surface area contributed by atoms with Crippen LogP contribution in [0.3, 0.4) is 0 Å². The third-order valence-corrected chi connectivity index (χ3v) is 5.33. The number of rotatable bonds is 4. The van der Waals surface area contributed by atoms with Gasteiger partial charge in [0.1, 0.15) is 4.90 Å². The quantitative estimate of drug-likeness (QED) is 0.825. The monoisotopic (exact) mass is 336 g/mol. The Morgan fingerprint density at radius 2 is 2.05 bits per heavy atom. The summed E-state index contributed by atoms with van der Waals surface area (Å²) in [5, 5.41) is 0.0755. The van der Waals surface area contributed by atoms with E-state index < -0.39 is 20.7 Å². The highest BCUT2D eigenvalue weighted by molar-refractivity contribution is 7.89. The average Bonchev–Trinajstić information content (AvgIpc) is 2.42. The number of hydrogen-bond donors (Lipinski definition) is 2. The number of anilines is 1. The maximum absolute atomic E-state index is 13.9. The van der Waals surface area contributed by atoms with Crippen molar-refractivity contribution in [2.75, 3.05) is 25.5 Å². The van der Waals surface area contributed by atoms with Crippen molar-refractivity contribution < 1.29 is 17.5 Å². The first-order chi connectivity index (χ1) is 9.73. The van der Waals surface area contributed by atoms with Gasteiger partial charge in [0.2, 0.25) is 10.0 Å². The first-order valence-electron chi connectivity index (χ1n) is 6.55. The van der Waals surface area contributed by atoms with Gasteiger partial charge in [0.15, 0.2) is 5.82 Å². The molecule has 0 spiro atoms. The molecule has 0 bridgehead atoms. The summed E-state index contributed by atoms with van der Waals surface area (Å²) in [6.45, 7) is 3.37. The van der Waals surface area contributed by atoms with Crippen molar-refractivity contribution in [3.8, 4) is 0 Å². The molecular weight excluding hydrogens is 319 g/mol. The van der Waals surface area contributed by atoms with Crippen LogP contribution in [-0.2, 0) is 14.8 Å². The van der Waals surface area contributed by atoms with Gasteiger partial charge >= 0.3 is 0 Å². The lowest BCUT2D eigenvalue weighted by Crippen LogP contribution is -2.39. The fourth-order valence-corrected chi connectivity index (χ4v) is 3.79. The number of sulfonamides is 1. The number of benzene rings is 1. The van der Waals surface area contributed by atoms with Crippen molar-refractivity contribution in [3.63, 3.8) is 0 Å². The van der Waals surface area contributed by atoms with Gasteiger partial charge < -0.3 is 10.5 Å². The second kappa shape index (κ2) is 6.08. The molecular formula is C13H18ClFN2O3S. The molecule has 5 nitrogen and oxygen atoms in total. The SMILES string of the molecule is CC1(CNS(=O)(=O)c2cc(Cl)cc(N)c2F)CCOCC1. The zero-order valence-corrected chi connectivity index (χ0v) is 13.2. The molecule has 2 rings (SSSR count). The van der Waals surface area contributed by atoms with E-state index in [-0.39, 0.29) is 22.7 Å². The molecule has 1 fully saturated rings. The zero-order valence-electron chi connectivity index (χ0n) is 11.7. The lowest BCUT2D eigenvalue weighted by atomic mass is 9.83. The molecule has 0 aromatic heterocycles. The van der Waals surface area contributed by atoms with E-state index in [0.717, 1.165) is 18.9 Å². The van der Waals surface area contributed by atoms with Crippen molar-refractivity contribution in [3.05, 3.63) is 23.0 Å². The number of hydrogen-bond acceptors (Lipinski definition) is 4. The molecule has 1 aliphatic heterocycles. The molecule has 118 valence electrons. The van der Waals surface area contributed by atoms with Crippen LogP contribution in [0.4, 0.5) is 10.1 Å². The Kier molecular flexibility index (Phi) is 4.77. The molecule has 8 heteroatoms. The first kappa shape index (κ1) is 16.5. The van der Waals surface area contributed by atoms with Gasteiger partial charge in [-0.25, -0.2) is 17.5 Å². The maximum Gasteiger partial charge on any atom is 0.243 e. The van der Waals surface area contributed by atoms with E-state index in [2.05, 4.69) is 4.72 Å². The number of nitrogen functional groups attached to an aromatic ring is 1. The summed E-state index contributed by atoms with van der Waals surface area (Å²) in [6, 6.07) is 2.23. The van der Waals surface area contributed by atoms with Crippen molar-refractivity contribution in [1.82, 2.24) is 4.72 Å². The van der Waals surface area contributed by atoms with Crippen LogP contribution >= 0.6 is 11.6 Å². The van der Waals surface area contributed by atoms with Crippen LogP contribution in [0.1, 0.15) is 19.8 Å². The van der Waals surface area contributed by atoms with Crippen LogP contribution in [0.15, 0.2) is 17.0 Å². The van der Waals surface area contributed by atoms with Crippen molar-refractivity contribution in [2.24, 2.45) is 5.41 Å². The summed E-state index contributed by atoms with van der Waals surface area (Å²) in [7, 11) is -4.00. The Morgan fingerprint density at radius 3 is 2.67 bits per heavy atom. The Balaban J connectivity index is 2.19. The summed E-state index contributed by atoms with van der Waals surface area (Å²) in [5.74, 6) is -0.982. The molecule has 1 heterocycles. The van der Waals surface area contributed by atoms with Crippen molar-refractivity contribution in [1.29, 1.82) is 0 Å². The molecule has 0 aliphatic carbocycles. The van der Waals surface area contributed by atoms with Gasteiger partial charge in [-0.1, -0.05) is 18.5 Å². The van der Waals surface area contributed by atoms with Crippen LogP contribution in [-0.4, -0.2) is 28.2 Å². The predicted octanol–water partition coefficient (Wildman–Crippen LogP) is 2.16. The van der Waals surface area contributed by atoms with E-state index >= 15 is 0 Å². The minimum Gasteiger partial charge on any atom is -0.396 e. The Bertz CT molecular complexity index is 631. The molecule has 1 aromatic carbocycles. The summed E-state index contributed by atoms with van der Waals surface area (Å²) in [5.41, 5.74) is 4.92. The third kappa shape index (κ3) is 3.85. The van der Waals surface area contributed by atoms with E-state index in [4.69, 9.17) is 22.1 Å². The minimum atomic E-state index is -4.00. The molecule has 0 radical (unpaired) electrons. The standard InChI is InChI=1S/C13H18ClFN2O3S/c1-13(2-4-20-5-3-13)8-17-21(18,19)11-7-9(14)6-10(16)12(11)15/h6-7,17H,2-5,8,16H2,1H3. The van der Waals surface area contributed by atoms with Crippen LogP contribution in [0.5, 0.6) is 0 Å². The summed E-state index contributed by atoms with van der Waals surface area (Å²) in [4.78, 5) is -0.525. The van der Waals surface area contributed by atoms with Gasteiger partial charge in [-0.3, -0.25) is 0 Å². The van der Waals surface area contributed by atoms with Gasteiger partial charge in [-0.2, -0.15) is 0 Å². The topological polar surface area (TPSA) is 81.4 Å². The van der Waals surface area contributed by atoms with Gasteiger partial charge in [-0.05, 0) is 30.4 Å². The molecule has 0 atom stereocenters. The molecule has 3 N–H and O–H groups in total. The van der Waals surface area contributed by atoms with Crippen molar-refractivity contribution >= 4 is 27.3 Å². The highest BCUT2D eigenvalue weighted by Gasteiger charge is 2.30. The lowest BCUT2D eigenvalue weighted by Gasteiger charge is -2.33. The molecule has 1 aliphatic rings. The minimum absolute atomic E-state index is 0.0755. The smallest absolute Gasteiger partial charge is 0.243 e. The Labute approximate surface area is 128 Å². The molecule has 0 saturated carbocycles. The second-order valence-corrected chi connectivity index (χ2v) is 7.73. The van der Waals surface area contributed by atoms with Crippen LogP contribution in [0.2, 0.25) is 5.02 Å². The fraction of sp³-hybridized carbons (Fsp3) is 0.538. The van der Waals surface area contributed by atoms with Crippen LogP contribution in [0, 0.1) is 11.2 Å². The third-order valence-electron chi connectivity index (χ3n) is 3.71. The molecule has 1 saturated heterocycles. The van der Waals surface area contributed by atoms with E-state index in [0.29, 0.717) is 13.2 Å². The van der Waals surface area contributed by atoms with E-state index in [1.54, 1.807) is 0 Å². The van der Waals surface area contributed by atoms with Crippen LogP contribution < -0.4 is 10.5 Å². The summed E-state index contributed by atoms with van der Waals surface area (Å²) < 4.78 is 46.1. The molecule has 0 amide bonds. The normalized spacial score (nSPS) is 18.6. The largest absolute Gasteiger partial charge is 0.396 e. The van der Waals surface area contributed by atoms with Gasteiger partial charge in [-0.15, -0.1) is 0 Å². The van der Waals surface area contributed by atoms with Crippen molar-refractivity contribution in [2.45, 2.75) is 24.7 Å². The van der Waals surface area contributed by atoms with Gasteiger partial charge in [0.05, 0.1) is 5.69 Å². The summed E-state index contributed by atoms with van der Waals surface area (Å²) in [6.07, 6.45) is 1.49. The van der Waals surface area contributed by atoms with Gasteiger partial charge in [0, 0.05) is 24.8 Å². The van der Waals surface area contributed by atoms with Gasteiger partial charge in [0.25, 0.3) is 0 Å². The Morgan fingerprint density at radius 1 is 1.43 bits per heavy atom. The number of nitrogens with two attached hydrogens (primary N) is 1. The molecule has 0 unspecified atom stereocenters. The first-order valence-corrected chi connectivity index (χ1v) is 8.42. The van der Waals surface area contributed by atoms with Crippen LogP contribution in [0.25, 0.3) is 0 Å². The highest BCUT2D eigenvalue weighted by atomic mass is 35.5. The zero-order chi connectivity index (χ0) is 15.7. The summed E-state index contributed by atoms with van der Waals surface area (Å²) >= 11 is 5.75. The number of nitrogens with one attached hydrogen (secondary N) is 1. The second-order valence-electron chi connectivity index (χ2n) is 5.55. The number of ether oxygens (including phenoxy) is 1. The highest BCUT2D eigenvalue weighted by Crippen LogP contribution is 2.30. The van der Waals surface area contributed by atoms with E-state index in [9.17, 15) is 12.8 Å². The molecule has 21 heavy (non-hydrogen) atoms. The van der Waals surface area contributed by atoms with E-state index in [1.165, 1.54) is 6.07 Å². The Hall–Kier alpha value is -0.890. The number of halogens is 2. The average molecular weight is 337 g/mol. The van der Waals surface area contributed by atoms with E-state index in [1.807, 2.05) is 6.92 Å². The maximum atomic E-state index is 13.9.